The second-order valence-electron chi connectivity index (χ2n) is 4.25. The maximum atomic E-state index is 13.7. The highest BCUT2D eigenvalue weighted by Crippen LogP contribution is 2.30. The van der Waals surface area contributed by atoms with Gasteiger partial charge in [0.15, 0.2) is 15.1 Å². The summed E-state index contributed by atoms with van der Waals surface area (Å²) in [6.07, 6.45) is 0. The van der Waals surface area contributed by atoms with Crippen molar-refractivity contribution in [3.63, 3.8) is 0 Å². The van der Waals surface area contributed by atoms with Gasteiger partial charge in [0.05, 0.1) is 0 Å². The molecule has 2 rings (SSSR count). The Hall–Kier alpha value is -2.28. The predicted octanol–water partition coefficient (Wildman–Crippen LogP) is 2.56. The molecule has 0 aliphatic rings. The van der Waals surface area contributed by atoms with E-state index in [-0.39, 0.29) is 5.56 Å². The minimum Gasteiger partial charge on any atom is -0.480 e. The van der Waals surface area contributed by atoms with Crippen LogP contribution in [0.4, 0.5) is 8.78 Å². The third-order valence-electron chi connectivity index (χ3n) is 2.84. The lowest BCUT2D eigenvalue weighted by molar-refractivity contribution is -0.136. The molecule has 1 atom stereocenters. The minimum atomic E-state index is -4.54. The fourth-order valence-corrected chi connectivity index (χ4v) is 3.54. The Labute approximate surface area is 119 Å². The number of rotatable bonds is 4. The van der Waals surface area contributed by atoms with Gasteiger partial charge in [0, 0.05) is 6.07 Å². The molecule has 1 unspecified atom stereocenters. The number of aliphatic carboxylic acids is 1. The molecule has 0 radical (unpaired) electrons. The summed E-state index contributed by atoms with van der Waals surface area (Å²) < 4.78 is 51.3. The third-order valence-corrected chi connectivity index (χ3v) is 4.88. The first-order chi connectivity index (χ1) is 9.84. The smallest absolute Gasteiger partial charge is 0.326 e. The van der Waals surface area contributed by atoms with Gasteiger partial charge in [-0.05, 0) is 17.7 Å². The van der Waals surface area contributed by atoms with E-state index in [1.807, 2.05) is 0 Å². The Balaban J connectivity index is 2.61. The molecule has 0 bridgehead atoms. The number of hydrogen-bond donors (Lipinski definition) is 1. The van der Waals surface area contributed by atoms with Gasteiger partial charge in [-0.25, -0.2) is 17.2 Å². The van der Waals surface area contributed by atoms with E-state index in [0.29, 0.717) is 6.07 Å². The second kappa shape index (κ2) is 5.61. The van der Waals surface area contributed by atoms with Crippen molar-refractivity contribution in [1.82, 2.24) is 0 Å². The number of carbonyl (C=O) groups is 1. The van der Waals surface area contributed by atoms with Gasteiger partial charge in [-0.1, -0.05) is 30.3 Å². The SMILES string of the molecule is O=C(O)C(c1ccccc1)S(=O)(=O)c1ccc(F)cc1F. The van der Waals surface area contributed by atoms with Crippen LogP contribution in [0.5, 0.6) is 0 Å². The van der Waals surface area contributed by atoms with Crippen LogP contribution in [0.1, 0.15) is 10.8 Å². The highest BCUT2D eigenvalue weighted by Gasteiger charge is 2.37. The van der Waals surface area contributed by atoms with Gasteiger partial charge in [0.1, 0.15) is 16.5 Å². The Morgan fingerprint density at radius 1 is 1.05 bits per heavy atom. The molecule has 4 nitrogen and oxygen atoms in total. The van der Waals surface area contributed by atoms with E-state index in [0.717, 1.165) is 12.1 Å². The monoisotopic (exact) mass is 312 g/mol. The van der Waals surface area contributed by atoms with Crippen LogP contribution in [-0.2, 0) is 14.6 Å². The molecular formula is C14H10F2O4S. The Morgan fingerprint density at radius 2 is 1.67 bits per heavy atom. The van der Waals surface area contributed by atoms with Crippen molar-refractivity contribution in [2.75, 3.05) is 0 Å². The fraction of sp³-hybridized carbons (Fsp3) is 0.0714. The summed E-state index contributed by atoms with van der Waals surface area (Å²) in [6.45, 7) is 0. The summed E-state index contributed by atoms with van der Waals surface area (Å²) in [5.41, 5.74) is -0.00581. The fourth-order valence-electron chi connectivity index (χ4n) is 1.92. The van der Waals surface area contributed by atoms with Crippen LogP contribution < -0.4 is 0 Å². The molecule has 0 heterocycles. The molecule has 0 saturated heterocycles. The first kappa shape index (κ1) is 15.1. The lowest BCUT2D eigenvalue weighted by Gasteiger charge is -2.14. The normalized spacial score (nSPS) is 12.9. The predicted molar refractivity (Wildman–Crippen MR) is 70.4 cm³/mol. The van der Waals surface area contributed by atoms with Crippen molar-refractivity contribution in [3.05, 3.63) is 65.7 Å². The van der Waals surface area contributed by atoms with Gasteiger partial charge < -0.3 is 5.11 Å². The molecule has 0 aromatic heterocycles. The maximum absolute atomic E-state index is 13.7. The zero-order chi connectivity index (χ0) is 15.6. The first-order valence-corrected chi connectivity index (χ1v) is 7.35. The van der Waals surface area contributed by atoms with Crippen molar-refractivity contribution >= 4 is 15.8 Å². The quantitative estimate of drug-likeness (QED) is 0.881. The molecular weight excluding hydrogens is 302 g/mol. The van der Waals surface area contributed by atoms with E-state index >= 15 is 0 Å². The molecule has 0 amide bonds. The Kier molecular flexibility index (Phi) is 4.04. The summed E-state index contributed by atoms with van der Waals surface area (Å²) in [6, 6.07) is 9.06. The van der Waals surface area contributed by atoms with E-state index in [4.69, 9.17) is 0 Å². The molecule has 0 fully saturated rings. The zero-order valence-electron chi connectivity index (χ0n) is 10.5. The van der Waals surface area contributed by atoms with E-state index in [9.17, 15) is 27.1 Å². The molecule has 7 heteroatoms. The molecule has 0 spiro atoms. The average Bonchev–Trinajstić information content (AvgIpc) is 2.38. The lowest BCUT2D eigenvalue weighted by Crippen LogP contribution is -2.23. The van der Waals surface area contributed by atoms with Gasteiger partial charge in [-0.3, -0.25) is 4.79 Å². The number of carboxylic acid groups (broad SMARTS) is 1. The average molecular weight is 312 g/mol. The second-order valence-corrected chi connectivity index (χ2v) is 6.25. The zero-order valence-corrected chi connectivity index (χ0v) is 11.3. The van der Waals surface area contributed by atoms with Crippen LogP contribution in [-0.4, -0.2) is 19.5 Å². The highest BCUT2D eigenvalue weighted by molar-refractivity contribution is 7.92. The van der Waals surface area contributed by atoms with Crippen LogP contribution in [0.2, 0.25) is 0 Å². The number of benzene rings is 2. The molecule has 0 aliphatic heterocycles. The van der Waals surface area contributed by atoms with Crippen molar-refractivity contribution < 1.29 is 27.1 Å². The number of halogens is 2. The Morgan fingerprint density at radius 3 is 2.19 bits per heavy atom. The van der Waals surface area contributed by atoms with Crippen LogP contribution in [0.25, 0.3) is 0 Å². The topological polar surface area (TPSA) is 71.4 Å². The van der Waals surface area contributed by atoms with Gasteiger partial charge in [-0.2, -0.15) is 0 Å². The number of sulfone groups is 1. The lowest BCUT2D eigenvalue weighted by atomic mass is 10.1. The van der Waals surface area contributed by atoms with Crippen LogP contribution in [0.15, 0.2) is 53.4 Å². The molecule has 0 saturated carbocycles. The van der Waals surface area contributed by atoms with Crippen LogP contribution >= 0.6 is 0 Å². The summed E-state index contributed by atoms with van der Waals surface area (Å²) in [5, 5.41) is 7.23. The van der Waals surface area contributed by atoms with Crippen molar-refractivity contribution in [2.45, 2.75) is 10.1 Å². The third kappa shape index (κ3) is 2.92. The molecule has 21 heavy (non-hydrogen) atoms. The minimum absolute atomic E-state index is 0.00581. The van der Waals surface area contributed by atoms with E-state index in [2.05, 4.69) is 0 Å². The Bertz CT molecular complexity index is 773. The first-order valence-electron chi connectivity index (χ1n) is 5.80. The van der Waals surface area contributed by atoms with Gasteiger partial charge in [0.2, 0.25) is 0 Å². The van der Waals surface area contributed by atoms with E-state index < -0.39 is 37.6 Å². The van der Waals surface area contributed by atoms with Crippen LogP contribution in [0.3, 0.4) is 0 Å². The van der Waals surface area contributed by atoms with E-state index in [1.54, 1.807) is 6.07 Å². The maximum Gasteiger partial charge on any atom is 0.326 e. The number of carboxylic acids is 1. The largest absolute Gasteiger partial charge is 0.480 e. The van der Waals surface area contributed by atoms with E-state index in [1.165, 1.54) is 24.3 Å². The van der Waals surface area contributed by atoms with Crippen molar-refractivity contribution in [1.29, 1.82) is 0 Å². The standard InChI is InChI=1S/C14H10F2O4S/c15-10-6-7-12(11(16)8-10)21(19,20)13(14(17)18)9-4-2-1-3-5-9/h1-8,13H,(H,17,18). The molecule has 2 aromatic rings. The summed E-state index contributed by atoms with van der Waals surface area (Å²) in [7, 11) is -4.54. The molecule has 0 aliphatic carbocycles. The van der Waals surface area contributed by atoms with Gasteiger partial charge >= 0.3 is 5.97 Å². The molecule has 1 N–H and O–H groups in total. The summed E-state index contributed by atoms with van der Waals surface area (Å²) in [5.74, 6) is -3.90. The van der Waals surface area contributed by atoms with Gasteiger partial charge in [-0.15, -0.1) is 0 Å². The number of hydrogen-bond acceptors (Lipinski definition) is 3. The summed E-state index contributed by atoms with van der Waals surface area (Å²) in [4.78, 5) is 10.5. The van der Waals surface area contributed by atoms with Crippen molar-refractivity contribution in [2.24, 2.45) is 0 Å². The molecule has 110 valence electrons. The van der Waals surface area contributed by atoms with Crippen LogP contribution in [0, 0.1) is 11.6 Å². The highest BCUT2D eigenvalue weighted by atomic mass is 32.2. The molecule has 2 aromatic carbocycles. The van der Waals surface area contributed by atoms with Gasteiger partial charge in [0.25, 0.3) is 0 Å². The summed E-state index contributed by atoms with van der Waals surface area (Å²) >= 11 is 0. The van der Waals surface area contributed by atoms with Crippen molar-refractivity contribution in [3.8, 4) is 0 Å².